The van der Waals surface area contributed by atoms with Gasteiger partial charge in [0.2, 0.25) is 0 Å². The van der Waals surface area contributed by atoms with Gasteiger partial charge in [-0.25, -0.2) is 4.98 Å². The molecule has 0 saturated heterocycles. The molecule has 0 aliphatic heterocycles. The summed E-state index contributed by atoms with van der Waals surface area (Å²) in [6.45, 7) is 5.48. The number of Topliss-reactive ketones (excluding diaryl/α,β-unsaturated/α-hetero) is 2. The van der Waals surface area contributed by atoms with E-state index in [9.17, 15) is 19.2 Å². The molecule has 7 nitrogen and oxygen atoms in total. The van der Waals surface area contributed by atoms with Crippen LogP contribution in [0.2, 0.25) is 0 Å². The van der Waals surface area contributed by atoms with E-state index >= 15 is 0 Å². The lowest BCUT2D eigenvalue weighted by molar-refractivity contribution is -0.141. The van der Waals surface area contributed by atoms with Crippen molar-refractivity contribution in [2.24, 2.45) is 23.7 Å². The number of fused-ring (bicyclic) bond motifs is 1. The molecule has 0 atom stereocenters. The lowest BCUT2D eigenvalue weighted by atomic mass is 9.80. The van der Waals surface area contributed by atoms with Crippen molar-refractivity contribution >= 4 is 67.7 Å². The van der Waals surface area contributed by atoms with Gasteiger partial charge in [0.25, 0.3) is 0 Å². The number of esters is 2. The molecule has 10 heteroatoms. The van der Waals surface area contributed by atoms with Gasteiger partial charge in [0.15, 0.2) is 11.5 Å². The third-order valence-corrected chi connectivity index (χ3v) is 13.8. The number of unbranched alkanes of at least 4 members (excludes halogenated alkanes) is 3. The van der Waals surface area contributed by atoms with E-state index in [0.29, 0.717) is 73.1 Å². The molecule has 3 aromatic heterocycles. The zero-order valence-electron chi connectivity index (χ0n) is 28.6. The summed E-state index contributed by atoms with van der Waals surface area (Å²) >= 11 is 4.96. The molecule has 2 aliphatic carbocycles. The van der Waals surface area contributed by atoms with Crippen LogP contribution in [0.4, 0.5) is 0 Å². The second-order valence-corrected chi connectivity index (χ2v) is 16.9. The van der Waals surface area contributed by atoms with Crippen LogP contribution in [-0.4, -0.2) is 28.5 Å². The molecule has 0 bridgehead atoms. The number of ether oxygens (including phenoxy) is 2. The second-order valence-electron chi connectivity index (χ2n) is 13.7. The number of aromatic nitrogens is 1. The largest absolute Gasteiger partial charge is 0.425 e. The number of carbonyl (C=O) groups is 4. The minimum absolute atomic E-state index is 0.0191. The minimum Gasteiger partial charge on any atom is -0.425 e. The van der Waals surface area contributed by atoms with Gasteiger partial charge in [-0.2, -0.15) is 0 Å². The van der Waals surface area contributed by atoms with Crippen LogP contribution in [0, 0.1) is 23.7 Å². The number of ketones is 2. The van der Waals surface area contributed by atoms with Crippen molar-refractivity contribution in [1.82, 2.24) is 4.98 Å². The maximum absolute atomic E-state index is 13.3. The fourth-order valence-electron chi connectivity index (χ4n) is 7.04. The van der Waals surface area contributed by atoms with Crippen LogP contribution in [-0.2, 0) is 25.6 Å². The van der Waals surface area contributed by atoms with Crippen molar-refractivity contribution < 1.29 is 28.7 Å². The van der Waals surface area contributed by atoms with Gasteiger partial charge in [-0.05, 0) is 114 Å². The maximum atomic E-state index is 13.3. The van der Waals surface area contributed by atoms with E-state index in [0.717, 1.165) is 16.3 Å². The van der Waals surface area contributed by atoms with Gasteiger partial charge in [0.05, 0.1) is 16.7 Å². The smallest absolute Gasteiger partial charge is 0.314 e. The molecule has 49 heavy (non-hydrogen) atoms. The van der Waals surface area contributed by atoms with Crippen LogP contribution < -0.4 is 9.47 Å². The first-order valence-electron chi connectivity index (χ1n) is 17.8. The summed E-state index contributed by atoms with van der Waals surface area (Å²) in [6.07, 6.45) is 11.4. The Kier molecular flexibility index (Phi) is 11.8. The fraction of sp³-hybridized carbons (Fsp3) is 0.513. The number of hydrogen-bond acceptors (Lipinski definition) is 10. The van der Waals surface area contributed by atoms with E-state index < -0.39 is 0 Å². The molecule has 1 aromatic carbocycles. The van der Waals surface area contributed by atoms with Crippen molar-refractivity contribution in [2.45, 2.75) is 104 Å². The maximum Gasteiger partial charge on any atom is 0.314 e. The van der Waals surface area contributed by atoms with Gasteiger partial charge in [0.1, 0.15) is 26.8 Å². The van der Waals surface area contributed by atoms with Gasteiger partial charge >= 0.3 is 11.9 Å². The van der Waals surface area contributed by atoms with Crippen molar-refractivity contribution in [3.63, 3.8) is 0 Å². The Bertz CT molecular complexity index is 1720. The third-order valence-electron chi connectivity index (χ3n) is 10.2. The molecule has 260 valence electrons. The van der Waals surface area contributed by atoms with Crippen LogP contribution >= 0.6 is 34.0 Å². The molecular weight excluding hydrogens is 675 g/mol. The van der Waals surface area contributed by atoms with Crippen LogP contribution in [0.1, 0.15) is 103 Å². The van der Waals surface area contributed by atoms with Crippen molar-refractivity contribution in [2.75, 3.05) is 0 Å². The molecule has 2 fully saturated rings. The molecular formula is C39H45NO6S3. The number of carbonyl (C=O) groups excluding carboxylic acids is 4. The Morgan fingerprint density at radius 2 is 1.16 bits per heavy atom. The van der Waals surface area contributed by atoms with Crippen LogP contribution in [0.25, 0.3) is 29.9 Å². The zero-order chi connectivity index (χ0) is 34.5. The van der Waals surface area contributed by atoms with Crippen molar-refractivity contribution in [3.8, 4) is 31.1 Å². The lowest BCUT2D eigenvalue weighted by Crippen LogP contribution is -2.28. The predicted molar refractivity (Wildman–Crippen MR) is 198 cm³/mol. The van der Waals surface area contributed by atoms with E-state index in [2.05, 4.69) is 31.2 Å². The summed E-state index contributed by atoms with van der Waals surface area (Å²) in [5.74, 6) is 0.0112. The van der Waals surface area contributed by atoms with Gasteiger partial charge < -0.3 is 9.47 Å². The Labute approximate surface area is 300 Å². The number of thiophene rings is 2. The highest BCUT2D eigenvalue weighted by Gasteiger charge is 2.32. The first kappa shape index (κ1) is 35.6. The predicted octanol–water partition coefficient (Wildman–Crippen LogP) is 10.5. The van der Waals surface area contributed by atoms with E-state index in [-0.39, 0.29) is 47.2 Å². The Balaban J connectivity index is 1.24. The molecule has 6 rings (SSSR count). The summed E-state index contributed by atoms with van der Waals surface area (Å²) in [4.78, 5) is 60.2. The Hall–Kier alpha value is -3.21. The van der Waals surface area contributed by atoms with Gasteiger partial charge in [0, 0.05) is 26.5 Å². The first-order valence-corrected chi connectivity index (χ1v) is 20.2. The number of rotatable bonds is 13. The Morgan fingerprint density at radius 1 is 0.633 bits per heavy atom. The summed E-state index contributed by atoms with van der Waals surface area (Å²) in [7, 11) is 0. The van der Waals surface area contributed by atoms with Crippen molar-refractivity contribution in [3.05, 3.63) is 41.3 Å². The summed E-state index contributed by atoms with van der Waals surface area (Å²) in [5, 5.41) is 0.771. The fourth-order valence-corrected chi connectivity index (χ4v) is 10.3. The van der Waals surface area contributed by atoms with E-state index in [1.807, 2.05) is 11.3 Å². The highest BCUT2D eigenvalue weighted by molar-refractivity contribution is 7.28. The lowest BCUT2D eigenvalue weighted by Gasteiger charge is -2.25. The third kappa shape index (κ3) is 8.58. The van der Waals surface area contributed by atoms with Crippen LogP contribution in [0.5, 0.6) is 11.5 Å². The molecule has 0 spiro atoms. The first-order chi connectivity index (χ1) is 23.7. The standard InChI is InChI=1S/C39H45NO6S3/c1-4-5-6-7-8-29-17-20-32(47-29)33-21-22-34(48-33)37-40-35-30(45-38(43)27-13-9-25(10-14-27)23(2)41)18-19-31(36(35)49-37)46-39(44)28-15-11-26(12-16-28)24(3)42/h17-22,25-28H,4-16H2,1-3H3. The quantitative estimate of drug-likeness (QED) is 0.0770. The van der Waals surface area contributed by atoms with E-state index in [4.69, 9.17) is 14.5 Å². The highest BCUT2D eigenvalue weighted by atomic mass is 32.1. The van der Waals surface area contributed by atoms with Gasteiger partial charge in [-0.3, -0.25) is 19.2 Å². The molecule has 2 aliphatic rings. The average molecular weight is 720 g/mol. The number of benzene rings is 1. The second kappa shape index (κ2) is 16.2. The summed E-state index contributed by atoms with van der Waals surface area (Å²) in [5.41, 5.74) is 0.497. The number of aryl methyl sites for hydroxylation is 1. The molecule has 2 saturated carbocycles. The molecule has 4 aromatic rings. The Morgan fingerprint density at radius 3 is 1.78 bits per heavy atom. The van der Waals surface area contributed by atoms with Crippen molar-refractivity contribution in [1.29, 1.82) is 0 Å². The van der Waals surface area contributed by atoms with Crippen LogP contribution in [0.15, 0.2) is 36.4 Å². The van der Waals surface area contributed by atoms with E-state index in [1.165, 1.54) is 51.7 Å². The summed E-state index contributed by atoms with van der Waals surface area (Å²) in [6, 6.07) is 12.0. The SMILES string of the molecule is CCCCCCc1ccc(-c2ccc(-c3nc4c(OC(=O)C5CCC(C(C)=O)CC5)ccc(OC(=O)C5CCC(C(C)=O)CC5)c4s3)s2)s1. The highest BCUT2D eigenvalue weighted by Crippen LogP contribution is 2.45. The summed E-state index contributed by atoms with van der Waals surface area (Å²) < 4.78 is 12.7. The van der Waals surface area contributed by atoms with E-state index in [1.54, 1.807) is 37.3 Å². The number of thiazole rings is 1. The monoisotopic (exact) mass is 719 g/mol. The zero-order valence-corrected chi connectivity index (χ0v) is 31.0. The molecule has 0 unspecified atom stereocenters. The van der Waals surface area contributed by atoms with Gasteiger partial charge in [-0.1, -0.05) is 26.2 Å². The topological polar surface area (TPSA) is 99.6 Å². The molecule has 3 heterocycles. The van der Waals surface area contributed by atoms with Crippen LogP contribution in [0.3, 0.4) is 0 Å². The minimum atomic E-state index is -0.313. The molecule has 0 radical (unpaired) electrons. The molecule has 0 N–H and O–H groups in total. The number of hydrogen-bond donors (Lipinski definition) is 0. The molecule has 0 amide bonds. The normalized spacial score (nSPS) is 21.0. The average Bonchev–Trinajstić information content (AvgIpc) is 3.88. The number of nitrogens with zero attached hydrogens (tertiary/aromatic N) is 1. The van der Waals surface area contributed by atoms with Gasteiger partial charge in [-0.15, -0.1) is 34.0 Å².